The SMILES string of the molecule is [2H]c1c([2H])c(-c2ccc(-c3ccccc3)cc2)c(-c2ccc3ccc4cccc5ccc2c3c45)c([2H])c1-c1ccc2ccc3cccc4ccc1c2c34. The maximum absolute atomic E-state index is 10.2. The highest BCUT2D eigenvalue weighted by Crippen LogP contribution is 2.45. The van der Waals surface area contributed by atoms with Crippen LogP contribution in [0.5, 0.6) is 0 Å². The lowest BCUT2D eigenvalue weighted by Gasteiger charge is -2.19. The normalized spacial score (nSPS) is 12.8. The summed E-state index contributed by atoms with van der Waals surface area (Å²) in [5.41, 5.74) is 6.49. The van der Waals surface area contributed by atoms with Crippen molar-refractivity contribution >= 4 is 64.6 Å². The smallest absolute Gasteiger partial charge is 0.0622 e. The van der Waals surface area contributed by atoms with E-state index < -0.39 is 0 Å². The predicted octanol–water partition coefficient (Wildman–Crippen LogP) is 14.1. The van der Waals surface area contributed by atoms with Crippen molar-refractivity contribution in [2.45, 2.75) is 0 Å². The Hall–Kier alpha value is -6.50. The summed E-state index contributed by atoms with van der Waals surface area (Å²) in [5, 5.41) is 13.7. The molecule has 0 saturated carbocycles. The van der Waals surface area contributed by atoms with Crippen molar-refractivity contribution in [2.75, 3.05) is 0 Å². The van der Waals surface area contributed by atoms with E-state index in [9.17, 15) is 4.11 Å². The van der Waals surface area contributed by atoms with Crippen LogP contribution in [0.2, 0.25) is 0 Å². The van der Waals surface area contributed by atoms with E-state index in [1.54, 1.807) is 0 Å². The van der Waals surface area contributed by atoms with Gasteiger partial charge in [-0.1, -0.05) is 176 Å². The third-order valence-corrected chi connectivity index (χ3v) is 10.7. The van der Waals surface area contributed by atoms with Gasteiger partial charge in [0.25, 0.3) is 0 Å². The third kappa shape index (κ3) is 4.00. The average Bonchev–Trinajstić information content (AvgIpc) is 3.21. The van der Waals surface area contributed by atoms with Crippen LogP contribution in [0.15, 0.2) is 182 Å². The van der Waals surface area contributed by atoms with Crippen LogP contribution in [0, 0.1) is 0 Å². The molecular formula is C50H30. The predicted molar refractivity (Wildman–Crippen MR) is 216 cm³/mol. The van der Waals surface area contributed by atoms with E-state index in [1.807, 2.05) is 30.3 Å². The maximum Gasteiger partial charge on any atom is 0.0636 e. The Balaban J connectivity index is 1.25. The molecule has 230 valence electrons. The van der Waals surface area contributed by atoms with Gasteiger partial charge >= 0.3 is 0 Å². The summed E-state index contributed by atoms with van der Waals surface area (Å²) >= 11 is 0. The number of rotatable bonds is 4. The van der Waals surface area contributed by atoms with Crippen molar-refractivity contribution in [3.05, 3.63) is 182 Å². The Kier molecular flexibility index (Phi) is 5.17. The van der Waals surface area contributed by atoms with Crippen LogP contribution >= 0.6 is 0 Å². The largest absolute Gasteiger partial charge is 0.0636 e. The van der Waals surface area contributed by atoms with Crippen molar-refractivity contribution < 1.29 is 4.11 Å². The molecule has 0 aliphatic rings. The van der Waals surface area contributed by atoms with Crippen LogP contribution in [-0.4, -0.2) is 0 Å². The van der Waals surface area contributed by atoms with Crippen molar-refractivity contribution in [1.82, 2.24) is 0 Å². The zero-order valence-corrected chi connectivity index (χ0v) is 27.1. The molecule has 0 heterocycles. The number of hydrogen-bond donors (Lipinski definition) is 0. The van der Waals surface area contributed by atoms with Gasteiger partial charge in [0.2, 0.25) is 0 Å². The van der Waals surface area contributed by atoms with E-state index in [4.69, 9.17) is 0 Å². The molecule has 0 amide bonds. The molecule has 0 radical (unpaired) electrons. The zero-order valence-electron chi connectivity index (χ0n) is 30.1. The Morgan fingerprint density at radius 3 is 1.32 bits per heavy atom. The number of hydrogen-bond acceptors (Lipinski definition) is 0. The van der Waals surface area contributed by atoms with Crippen LogP contribution < -0.4 is 0 Å². The Morgan fingerprint density at radius 1 is 0.260 bits per heavy atom. The molecule has 0 aliphatic carbocycles. The third-order valence-electron chi connectivity index (χ3n) is 10.7. The van der Waals surface area contributed by atoms with Crippen LogP contribution in [0.1, 0.15) is 4.11 Å². The average molecular weight is 634 g/mol. The van der Waals surface area contributed by atoms with Crippen molar-refractivity contribution in [1.29, 1.82) is 0 Å². The van der Waals surface area contributed by atoms with E-state index in [1.165, 1.54) is 32.3 Å². The molecule has 11 aromatic rings. The summed E-state index contributed by atoms with van der Waals surface area (Å²) in [6.45, 7) is 0. The maximum atomic E-state index is 10.2. The Labute approximate surface area is 294 Å². The molecule has 0 aromatic heterocycles. The first kappa shape index (κ1) is 24.6. The van der Waals surface area contributed by atoms with E-state index in [-0.39, 0.29) is 18.1 Å². The van der Waals surface area contributed by atoms with Gasteiger partial charge in [-0.05, 0) is 115 Å². The summed E-state index contributed by atoms with van der Waals surface area (Å²) in [6.07, 6.45) is 0. The second-order valence-corrected chi connectivity index (χ2v) is 13.4. The molecule has 0 spiro atoms. The fourth-order valence-corrected chi connectivity index (χ4v) is 8.33. The van der Waals surface area contributed by atoms with Crippen LogP contribution in [0.3, 0.4) is 0 Å². The summed E-state index contributed by atoms with van der Waals surface area (Å²) in [7, 11) is 0. The molecule has 0 bridgehead atoms. The molecule has 0 unspecified atom stereocenters. The minimum Gasteiger partial charge on any atom is -0.0622 e. The van der Waals surface area contributed by atoms with E-state index >= 15 is 0 Å². The second kappa shape index (κ2) is 10.5. The van der Waals surface area contributed by atoms with Gasteiger partial charge in [0, 0.05) is 0 Å². The van der Waals surface area contributed by atoms with Gasteiger partial charge in [-0.3, -0.25) is 0 Å². The molecule has 0 fully saturated rings. The van der Waals surface area contributed by atoms with E-state index in [0.717, 1.165) is 60.1 Å². The highest BCUT2D eigenvalue weighted by molar-refractivity contribution is 6.27. The Bertz CT molecular complexity index is 3200. The minimum atomic E-state index is 0.0635. The molecule has 11 rings (SSSR count). The highest BCUT2D eigenvalue weighted by Gasteiger charge is 2.18. The fourth-order valence-electron chi connectivity index (χ4n) is 8.33. The van der Waals surface area contributed by atoms with E-state index in [2.05, 4.69) is 133 Å². The van der Waals surface area contributed by atoms with Crippen LogP contribution in [0.4, 0.5) is 0 Å². The lowest BCUT2D eigenvalue weighted by Crippen LogP contribution is -1.92. The van der Waals surface area contributed by atoms with Gasteiger partial charge in [-0.25, -0.2) is 0 Å². The summed E-state index contributed by atoms with van der Waals surface area (Å²) in [4.78, 5) is 0. The van der Waals surface area contributed by atoms with Crippen molar-refractivity contribution in [2.24, 2.45) is 0 Å². The quantitative estimate of drug-likeness (QED) is 0.169. The zero-order chi connectivity index (χ0) is 35.4. The lowest BCUT2D eigenvalue weighted by atomic mass is 9.84. The topological polar surface area (TPSA) is 0 Å². The van der Waals surface area contributed by atoms with Crippen molar-refractivity contribution in [3.8, 4) is 44.5 Å². The van der Waals surface area contributed by atoms with Crippen LogP contribution in [-0.2, 0) is 0 Å². The molecule has 0 N–H and O–H groups in total. The van der Waals surface area contributed by atoms with Gasteiger partial charge in [-0.2, -0.15) is 0 Å². The van der Waals surface area contributed by atoms with Crippen molar-refractivity contribution in [3.63, 3.8) is 0 Å². The molecule has 0 atom stereocenters. The number of benzene rings is 11. The summed E-state index contributed by atoms with van der Waals surface area (Å²) in [5.74, 6) is 0. The van der Waals surface area contributed by atoms with Gasteiger partial charge in [0.1, 0.15) is 0 Å². The fraction of sp³-hybridized carbons (Fsp3) is 0. The van der Waals surface area contributed by atoms with Gasteiger partial charge in [0.15, 0.2) is 0 Å². The molecule has 0 nitrogen and oxygen atoms in total. The molecular weight excluding hydrogens is 601 g/mol. The summed E-state index contributed by atoms with van der Waals surface area (Å²) in [6, 6.07) is 57.5. The van der Waals surface area contributed by atoms with Gasteiger partial charge in [-0.15, -0.1) is 0 Å². The van der Waals surface area contributed by atoms with E-state index in [0.29, 0.717) is 16.7 Å². The first-order chi connectivity index (χ1) is 26.0. The first-order valence-corrected chi connectivity index (χ1v) is 17.2. The second-order valence-electron chi connectivity index (χ2n) is 13.4. The molecule has 11 aromatic carbocycles. The highest BCUT2D eigenvalue weighted by atomic mass is 14.2. The molecule has 0 heteroatoms. The molecule has 50 heavy (non-hydrogen) atoms. The summed E-state index contributed by atoms with van der Waals surface area (Å²) < 4.78 is 29.6. The Morgan fingerprint density at radius 2 is 0.720 bits per heavy atom. The van der Waals surface area contributed by atoms with Crippen LogP contribution in [0.25, 0.3) is 109 Å². The first-order valence-electron chi connectivity index (χ1n) is 18.7. The lowest BCUT2D eigenvalue weighted by molar-refractivity contribution is 1.58. The molecule has 0 aliphatic heterocycles. The van der Waals surface area contributed by atoms with Gasteiger partial charge < -0.3 is 0 Å². The molecule has 0 saturated heterocycles. The monoisotopic (exact) mass is 633 g/mol. The van der Waals surface area contributed by atoms with Gasteiger partial charge in [0.05, 0.1) is 4.11 Å². The standard InChI is InChI=1S/C50H30/c1-2-6-31(7-3-1)32-12-14-33(15-13-32)41-26-24-40(42-25-20-38-18-16-34-8-4-10-36-22-28-44(42)49(38)47(34)36)30-46(41)43-27-21-39-19-17-35-9-5-11-37-23-29-45(43)50(39)48(35)37/h1-30H/i24D,26D,30D. The minimum absolute atomic E-state index is 0.0635.